The summed E-state index contributed by atoms with van der Waals surface area (Å²) in [6, 6.07) is 12.1. The molecular weight excluding hydrogens is 332 g/mol. The first-order valence-corrected chi connectivity index (χ1v) is 11.3. The summed E-state index contributed by atoms with van der Waals surface area (Å²) in [4.78, 5) is 2.59. The predicted octanol–water partition coefficient (Wildman–Crippen LogP) is 5.50. The molecule has 1 saturated heterocycles. The monoisotopic (exact) mass is 366 g/mol. The zero-order valence-electron chi connectivity index (χ0n) is 16.6. The molecule has 3 aliphatic rings. The highest BCUT2D eigenvalue weighted by Gasteiger charge is 2.32. The second-order valence-electron chi connectivity index (χ2n) is 8.98. The Morgan fingerprint density at radius 3 is 2.48 bits per heavy atom. The molecule has 5 rings (SSSR count). The van der Waals surface area contributed by atoms with Gasteiger partial charge in [0.15, 0.2) is 0 Å². The van der Waals surface area contributed by atoms with Crippen molar-refractivity contribution in [3.63, 3.8) is 0 Å². The fourth-order valence-electron chi connectivity index (χ4n) is 5.31. The molecular formula is C24H34N2O. The van der Waals surface area contributed by atoms with E-state index in [-0.39, 0.29) is 0 Å². The molecule has 0 amide bonds. The highest BCUT2D eigenvalue weighted by molar-refractivity contribution is 5.81. The van der Waals surface area contributed by atoms with Gasteiger partial charge in [0.05, 0.1) is 6.10 Å². The Kier molecular flexibility index (Phi) is 5.24. The van der Waals surface area contributed by atoms with Gasteiger partial charge in [0.25, 0.3) is 0 Å². The number of ether oxygens (including phenoxy) is 1. The lowest BCUT2D eigenvalue weighted by molar-refractivity contribution is 0.0158. The standard InChI is InChI=1S/C24H34N2O/c1-2-7-23-20(6-1)18-24(19-8-9-19)26(23)21-10-12-22(13-11-21)27-17-5-16-25-14-3-4-15-25/h1-2,6-7,18-19,21-22H,3-5,8-17H2. The minimum Gasteiger partial charge on any atom is -0.378 e. The highest BCUT2D eigenvalue weighted by Crippen LogP contribution is 2.45. The van der Waals surface area contributed by atoms with Gasteiger partial charge in [0.2, 0.25) is 0 Å². The molecule has 3 heteroatoms. The Bertz CT molecular complexity index is 749. The average Bonchev–Trinajstić information content (AvgIpc) is 3.28. The highest BCUT2D eigenvalue weighted by atomic mass is 16.5. The van der Waals surface area contributed by atoms with E-state index in [1.807, 2.05) is 0 Å². The molecule has 0 radical (unpaired) electrons. The molecule has 2 aliphatic carbocycles. The zero-order chi connectivity index (χ0) is 18.1. The van der Waals surface area contributed by atoms with Crippen LogP contribution in [-0.2, 0) is 4.74 Å². The largest absolute Gasteiger partial charge is 0.378 e. The lowest BCUT2D eigenvalue weighted by Gasteiger charge is -2.31. The van der Waals surface area contributed by atoms with Crippen LogP contribution in [0, 0.1) is 0 Å². The quantitative estimate of drug-likeness (QED) is 0.602. The van der Waals surface area contributed by atoms with Crippen molar-refractivity contribution in [3.05, 3.63) is 36.0 Å². The van der Waals surface area contributed by atoms with Crippen LogP contribution in [0.25, 0.3) is 10.9 Å². The molecule has 146 valence electrons. The third kappa shape index (κ3) is 3.95. The van der Waals surface area contributed by atoms with Gasteiger partial charge in [-0.15, -0.1) is 0 Å². The van der Waals surface area contributed by atoms with Gasteiger partial charge in [-0.05, 0) is 94.3 Å². The van der Waals surface area contributed by atoms with Crippen LogP contribution in [0.2, 0.25) is 0 Å². The average molecular weight is 367 g/mol. The van der Waals surface area contributed by atoms with Crippen molar-refractivity contribution in [1.82, 2.24) is 9.47 Å². The molecule has 0 atom stereocenters. The zero-order valence-corrected chi connectivity index (χ0v) is 16.6. The van der Waals surface area contributed by atoms with Crippen LogP contribution in [0.3, 0.4) is 0 Å². The molecule has 0 unspecified atom stereocenters. The third-order valence-electron chi connectivity index (χ3n) is 6.95. The number of fused-ring (bicyclic) bond motifs is 1. The van der Waals surface area contributed by atoms with Crippen molar-refractivity contribution in [2.24, 2.45) is 0 Å². The molecule has 2 aromatic rings. The Balaban J connectivity index is 1.16. The SMILES string of the molecule is c1ccc2c(c1)cc(C1CC1)n2C1CCC(OCCCN2CCCC2)CC1. The van der Waals surface area contributed by atoms with Gasteiger partial charge in [-0.25, -0.2) is 0 Å². The number of aromatic nitrogens is 1. The van der Waals surface area contributed by atoms with Crippen LogP contribution in [0.4, 0.5) is 0 Å². The number of benzene rings is 1. The van der Waals surface area contributed by atoms with Crippen molar-refractivity contribution < 1.29 is 4.74 Å². The van der Waals surface area contributed by atoms with E-state index in [1.165, 1.54) is 88.3 Å². The van der Waals surface area contributed by atoms with Crippen molar-refractivity contribution >= 4 is 10.9 Å². The summed E-state index contributed by atoms with van der Waals surface area (Å²) in [5, 5.41) is 1.43. The van der Waals surface area contributed by atoms with E-state index in [1.54, 1.807) is 5.69 Å². The van der Waals surface area contributed by atoms with Crippen LogP contribution in [0.5, 0.6) is 0 Å². The fraction of sp³-hybridized carbons (Fsp3) is 0.667. The minimum atomic E-state index is 0.492. The van der Waals surface area contributed by atoms with Gasteiger partial charge in [0.1, 0.15) is 0 Å². The number of nitrogens with zero attached hydrogens (tertiary/aromatic N) is 2. The second-order valence-corrected chi connectivity index (χ2v) is 8.98. The number of hydrogen-bond acceptors (Lipinski definition) is 2. The minimum absolute atomic E-state index is 0.492. The molecule has 0 N–H and O–H groups in total. The number of likely N-dealkylation sites (tertiary alicyclic amines) is 1. The van der Waals surface area contributed by atoms with Crippen molar-refractivity contribution in [2.75, 3.05) is 26.2 Å². The summed E-state index contributed by atoms with van der Waals surface area (Å²) in [6.07, 6.45) is 12.2. The first-order chi connectivity index (χ1) is 13.4. The van der Waals surface area contributed by atoms with Gasteiger partial charge in [0, 0.05) is 30.4 Å². The van der Waals surface area contributed by atoms with Crippen LogP contribution in [0.15, 0.2) is 30.3 Å². The number of rotatable bonds is 7. The second kappa shape index (κ2) is 7.97. The van der Waals surface area contributed by atoms with Crippen LogP contribution < -0.4 is 0 Å². The molecule has 2 saturated carbocycles. The lowest BCUT2D eigenvalue weighted by Crippen LogP contribution is -2.26. The Hall–Kier alpha value is -1.32. The molecule has 1 aromatic carbocycles. The molecule has 3 nitrogen and oxygen atoms in total. The Morgan fingerprint density at radius 1 is 0.926 bits per heavy atom. The first kappa shape index (κ1) is 17.8. The van der Waals surface area contributed by atoms with Crippen molar-refractivity contribution in [3.8, 4) is 0 Å². The van der Waals surface area contributed by atoms with Gasteiger partial charge in [-0.3, -0.25) is 0 Å². The van der Waals surface area contributed by atoms with Gasteiger partial charge < -0.3 is 14.2 Å². The maximum atomic E-state index is 6.25. The summed E-state index contributed by atoms with van der Waals surface area (Å²) >= 11 is 0. The normalized spacial score (nSPS) is 26.8. The lowest BCUT2D eigenvalue weighted by atomic mass is 9.92. The van der Waals surface area contributed by atoms with E-state index >= 15 is 0 Å². The van der Waals surface area contributed by atoms with Gasteiger partial charge in [-0.1, -0.05) is 18.2 Å². The number of hydrogen-bond donors (Lipinski definition) is 0. The summed E-state index contributed by atoms with van der Waals surface area (Å²) in [7, 11) is 0. The van der Waals surface area contributed by atoms with E-state index in [4.69, 9.17) is 4.74 Å². The van der Waals surface area contributed by atoms with E-state index in [2.05, 4.69) is 39.8 Å². The van der Waals surface area contributed by atoms with Gasteiger partial charge >= 0.3 is 0 Å². The fourth-order valence-corrected chi connectivity index (χ4v) is 5.31. The van der Waals surface area contributed by atoms with Crippen LogP contribution in [0.1, 0.15) is 75.4 Å². The Labute approximate surface area is 163 Å². The van der Waals surface area contributed by atoms with Crippen molar-refractivity contribution in [2.45, 2.75) is 75.9 Å². The Morgan fingerprint density at radius 2 is 1.70 bits per heavy atom. The maximum Gasteiger partial charge on any atom is 0.0576 e. The summed E-state index contributed by atoms with van der Waals surface area (Å²) < 4.78 is 8.95. The smallest absolute Gasteiger partial charge is 0.0576 e. The molecule has 1 aliphatic heterocycles. The van der Waals surface area contributed by atoms with Crippen molar-refractivity contribution in [1.29, 1.82) is 0 Å². The van der Waals surface area contributed by atoms with Crippen LogP contribution in [-0.4, -0.2) is 41.8 Å². The van der Waals surface area contributed by atoms with E-state index in [0.717, 1.165) is 12.5 Å². The van der Waals surface area contributed by atoms with Crippen LogP contribution >= 0.6 is 0 Å². The summed E-state index contributed by atoms with van der Waals surface area (Å²) in [5.41, 5.74) is 3.06. The molecule has 0 bridgehead atoms. The molecule has 2 heterocycles. The van der Waals surface area contributed by atoms with E-state index in [9.17, 15) is 0 Å². The topological polar surface area (TPSA) is 17.4 Å². The molecule has 27 heavy (non-hydrogen) atoms. The third-order valence-corrected chi connectivity index (χ3v) is 6.95. The summed E-state index contributed by atoms with van der Waals surface area (Å²) in [5.74, 6) is 0.817. The predicted molar refractivity (Wildman–Crippen MR) is 111 cm³/mol. The maximum absolute atomic E-state index is 6.25. The molecule has 3 fully saturated rings. The number of para-hydroxylation sites is 1. The molecule has 0 spiro atoms. The van der Waals surface area contributed by atoms with Gasteiger partial charge in [-0.2, -0.15) is 0 Å². The summed E-state index contributed by atoms with van der Waals surface area (Å²) in [6.45, 7) is 4.79. The molecule has 1 aromatic heterocycles. The van der Waals surface area contributed by atoms with E-state index in [0.29, 0.717) is 12.1 Å². The first-order valence-electron chi connectivity index (χ1n) is 11.3. The van der Waals surface area contributed by atoms with E-state index < -0.39 is 0 Å².